The van der Waals surface area contributed by atoms with E-state index in [-0.39, 0.29) is 24.4 Å². The molecule has 0 saturated carbocycles. The fraction of sp³-hybridized carbons (Fsp3) is 0.600. The molecular weight excluding hydrogens is 394 g/mol. The lowest BCUT2D eigenvalue weighted by atomic mass is 9.97. The molecule has 156 valence electrons. The largest absolute Gasteiger partial charge is 0.452 e. The first kappa shape index (κ1) is 20.0. The standard InChI is InChI=1S/C20H25N3O5S/c1-13(19(25)22-8-10-27-11-9-22)28-16(24)6-7-23-12-21-18-17(20(23)26)14-4-2-3-5-15(14)29-18/h12-13H,2-11H2,1H3. The van der Waals surface area contributed by atoms with Crippen LogP contribution in [0.5, 0.6) is 0 Å². The molecule has 0 bridgehead atoms. The monoisotopic (exact) mass is 419 g/mol. The number of hydrogen-bond donors (Lipinski definition) is 0. The van der Waals surface area contributed by atoms with Gasteiger partial charge in [-0.05, 0) is 38.2 Å². The third kappa shape index (κ3) is 4.20. The van der Waals surface area contributed by atoms with Crippen LogP contribution < -0.4 is 5.56 Å². The minimum absolute atomic E-state index is 0.0140. The Morgan fingerprint density at radius 2 is 2.03 bits per heavy atom. The highest BCUT2D eigenvalue weighted by molar-refractivity contribution is 7.18. The van der Waals surface area contributed by atoms with Gasteiger partial charge in [0.25, 0.3) is 11.5 Å². The molecule has 29 heavy (non-hydrogen) atoms. The predicted molar refractivity (Wildman–Crippen MR) is 108 cm³/mol. The summed E-state index contributed by atoms with van der Waals surface area (Å²) in [5.41, 5.74) is 1.04. The molecule has 2 aromatic rings. The van der Waals surface area contributed by atoms with Gasteiger partial charge in [0.15, 0.2) is 6.10 Å². The quantitative estimate of drug-likeness (QED) is 0.683. The van der Waals surface area contributed by atoms with Crippen LogP contribution in [0, 0.1) is 0 Å². The molecule has 4 rings (SSSR count). The Kier molecular flexibility index (Phi) is 5.96. The van der Waals surface area contributed by atoms with E-state index in [4.69, 9.17) is 9.47 Å². The maximum absolute atomic E-state index is 12.9. The zero-order chi connectivity index (χ0) is 20.4. The third-order valence-corrected chi connectivity index (χ3v) is 6.68. The van der Waals surface area contributed by atoms with Gasteiger partial charge in [0.05, 0.1) is 31.3 Å². The zero-order valence-electron chi connectivity index (χ0n) is 16.5. The van der Waals surface area contributed by atoms with Crippen LogP contribution in [0.25, 0.3) is 10.2 Å². The van der Waals surface area contributed by atoms with Gasteiger partial charge in [-0.15, -0.1) is 11.3 Å². The molecule has 1 aliphatic heterocycles. The van der Waals surface area contributed by atoms with Crippen molar-refractivity contribution in [1.29, 1.82) is 0 Å². The number of thiophene rings is 1. The van der Waals surface area contributed by atoms with Gasteiger partial charge >= 0.3 is 5.97 Å². The Labute approximate surface area is 172 Å². The minimum atomic E-state index is -0.846. The van der Waals surface area contributed by atoms with Gasteiger partial charge in [0, 0.05) is 24.5 Å². The van der Waals surface area contributed by atoms with Gasteiger partial charge in [-0.3, -0.25) is 19.0 Å². The summed E-state index contributed by atoms with van der Waals surface area (Å²) in [6.45, 7) is 3.77. The lowest BCUT2D eigenvalue weighted by Gasteiger charge is -2.28. The van der Waals surface area contributed by atoms with Crippen molar-refractivity contribution in [1.82, 2.24) is 14.5 Å². The number of morpholine rings is 1. The molecule has 1 aliphatic carbocycles. The van der Waals surface area contributed by atoms with E-state index in [0.29, 0.717) is 31.7 Å². The number of ether oxygens (including phenoxy) is 2. The summed E-state index contributed by atoms with van der Waals surface area (Å²) >= 11 is 1.60. The van der Waals surface area contributed by atoms with Crippen molar-refractivity contribution >= 4 is 33.4 Å². The molecule has 0 spiro atoms. The number of aryl methyl sites for hydroxylation is 3. The van der Waals surface area contributed by atoms with Crippen LogP contribution in [0.2, 0.25) is 0 Å². The molecule has 1 saturated heterocycles. The van der Waals surface area contributed by atoms with E-state index in [1.54, 1.807) is 23.2 Å². The van der Waals surface area contributed by atoms with Crippen LogP contribution in [0.1, 0.15) is 36.6 Å². The third-order valence-electron chi connectivity index (χ3n) is 5.48. The summed E-state index contributed by atoms with van der Waals surface area (Å²) < 4.78 is 12.0. The van der Waals surface area contributed by atoms with Crippen LogP contribution in [0.3, 0.4) is 0 Å². The first-order chi connectivity index (χ1) is 14.0. The Hall–Kier alpha value is -2.26. The van der Waals surface area contributed by atoms with Crippen molar-refractivity contribution in [3.63, 3.8) is 0 Å². The van der Waals surface area contributed by atoms with Crippen molar-refractivity contribution in [3.05, 3.63) is 27.1 Å². The summed E-state index contributed by atoms with van der Waals surface area (Å²) in [6.07, 6.45) is 4.84. The minimum Gasteiger partial charge on any atom is -0.452 e. The van der Waals surface area contributed by atoms with E-state index in [1.165, 1.54) is 15.8 Å². The van der Waals surface area contributed by atoms with Crippen molar-refractivity contribution in [2.45, 2.75) is 51.7 Å². The number of carbonyl (C=O) groups is 2. The van der Waals surface area contributed by atoms with Crippen molar-refractivity contribution in [2.75, 3.05) is 26.3 Å². The lowest BCUT2D eigenvalue weighted by Crippen LogP contribution is -2.46. The Morgan fingerprint density at radius 1 is 1.28 bits per heavy atom. The molecule has 9 heteroatoms. The summed E-state index contributed by atoms with van der Waals surface area (Å²) in [7, 11) is 0. The molecule has 1 fully saturated rings. The molecule has 8 nitrogen and oxygen atoms in total. The predicted octanol–water partition coefficient (Wildman–Crippen LogP) is 1.52. The Morgan fingerprint density at radius 3 is 2.83 bits per heavy atom. The van der Waals surface area contributed by atoms with E-state index in [0.717, 1.165) is 36.1 Å². The lowest BCUT2D eigenvalue weighted by molar-refractivity contribution is -0.161. The number of carbonyl (C=O) groups excluding carboxylic acids is 2. The van der Waals surface area contributed by atoms with Gasteiger partial charge in [0.1, 0.15) is 4.83 Å². The van der Waals surface area contributed by atoms with E-state index >= 15 is 0 Å². The molecule has 0 radical (unpaired) electrons. The fourth-order valence-electron chi connectivity index (χ4n) is 3.90. The molecule has 2 aromatic heterocycles. The average molecular weight is 420 g/mol. The van der Waals surface area contributed by atoms with Gasteiger partial charge in [-0.1, -0.05) is 0 Å². The molecular formula is C20H25N3O5S. The van der Waals surface area contributed by atoms with Gasteiger partial charge in [0.2, 0.25) is 0 Å². The van der Waals surface area contributed by atoms with Crippen LogP contribution in [0.4, 0.5) is 0 Å². The van der Waals surface area contributed by atoms with Crippen LogP contribution >= 0.6 is 11.3 Å². The number of aromatic nitrogens is 2. The van der Waals surface area contributed by atoms with E-state index in [9.17, 15) is 14.4 Å². The van der Waals surface area contributed by atoms with Crippen LogP contribution in [0.15, 0.2) is 11.1 Å². The van der Waals surface area contributed by atoms with E-state index in [1.807, 2.05) is 0 Å². The van der Waals surface area contributed by atoms with Crippen molar-refractivity contribution in [2.24, 2.45) is 0 Å². The van der Waals surface area contributed by atoms with E-state index in [2.05, 4.69) is 4.98 Å². The summed E-state index contributed by atoms with van der Waals surface area (Å²) in [4.78, 5) is 45.6. The topological polar surface area (TPSA) is 90.7 Å². The number of rotatable bonds is 5. The molecule has 2 aliphatic rings. The van der Waals surface area contributed by atoms with E-state index < -0.39 is 12.1 Å². The number of amides is 1. The average Bonchev–Trinajstić information content (AvgIpc) is 3.12. The summed E-state index contributed by atoms with van der Waals surface area (Å²) in [5.74, 6) is -0.717. The number of fused-ring (bicyclic) bond motifs is 3. The molecule has 0 N–H and O–H groups in total. The highest BCUT2D eigenvalue weighted by atomic mass is 32.1. The first-order valence-corrected chi connectivity index (χ1v) is 10.9. The molecule has 1 unspecified atom stereocenters. The molecule has 3 heterocycles. The second-order valence-corrected chi connectivity index (χ2v) is 8.54. The smallest absolute Gasteiger partial charge is 0.308 e. The first-order valence-electron chi connectivity index (χ1n) is 10.1. The zero-order valence-corrected chi connectivity index (χ0v) is 17.3. The Balaban J connectivity index is 1.39. The van der Waals surface area contributed by atoms with Gasteiger partial charge in [-0.25, -0.2) is 4.98 Å². The fourth-order valence-corrected chi connectivity index (χ4v) is 5.12. The summed E-state index contributed by atoms with van der Waals surface area (Å²) in [5, 5.41) is 0.705. The molecule has 1 atom stereocenters. The number of hydrogen-bond acceptors (Lipinski definition) is 7. The summed E-state index contributed by atoms with van der Waals surface area (Å²) in [6, 6.07) is 0. The second-order valence-electron chi connectivity index (χ2n) is 7.45. The van der Waals surface area contributed by atoms with Gasteiger partial charge in [-0.2, -0.15) is 0 Å². The number of esters is 1. The second kappa shape index (κ2) is 8.62. The molecule has 1 amide bonds. The SMILES string of the molecule is CC(OC(=O)CCn1cnc2sc3c(c2c1=O)CCCC3)C(=O)N1CCOCC1. The van der Waals surface area contributed by atoms with Crippen LogP contribution in [-0.2, 0) is 38.4 Å². The highest BCUT2D eigenvalue weighted by Crippen LogP contribution is 2.33. The normalized spacial score (nSPS) is 17.8. The maximum atomic E-state index is 12.9. The maximum Gasteiger partial charge on any atom is 0.308 e. The number of nitrogens with zero attached hydrogens (tertiary/aromatic N) is 3. The highest BCUT2D eigenvalue weighted by Gasteiger charge is 2.25. The molecule has 0 aromatic carbocycles. The van der Waals surface area contributed by atoms with Crippen molar-refractivity contribution < 1.29 is 19.1 Å². The Bertz CT molecular complexity index is 976. The van der Waals surface area contributed by atoms with Crippen LogP contribution in [-0.4, -0.2) is 58.7 Å². The van der Waals surface area contributed by atoms with Gasteiger partial charge < -0.3 is 14.4 Å². The van der Waals surface area contributed by atoms with Crippen molar-refractivity contribution in [3.8, 4) is 0 Å².